The molecule has 1 aromatic rings. The number of aryl methyl sites for hydroxylation is 1. The molecule has 1 atom stereocenters. The van der Waals surface area contributed by atoms with Crippen molar-refractivity contribution in [2.24, 2.45) is 5.92 Å². The molecule has 0 amide bonds. The van der Waals surface area contributed by atoms with Crippen LogP contribution in [0.4, 0.5) is 4.39 Å². The Hall–Kier alpha value is -1.09. The summed E-state index contributed by atoms with van der Waals surface area (Å²) in [5.41, 5.74) is 1.02. The highest BCUT2D eigenvalue weighted by Gasteiger charge is 2.12. The zero-order valence-corrected chi connectivity index (χ0v) is 11.8. The molecule has 102 valence electrons. The Labute approximate surface area is 110 Å². The number of rotatable bonds is 7. The van der Waals surface area contributed by atoms with E-state index in [0.29, 0.717) is 17.7 Å². The van der Waals surface area contributed by atoms with Gasteiger partial charge in [-0.2, -0.15) is 0 Å². The minimum atomic E-state index is -0.278. The molecular weight excluding hydrogens is 229 g/mol. The van der Waals surface area contributed by atoms with Crippen LogP contribution >= 0.6 is 0 Å². The number of methoxy groups -OCH3 is 1. The molecule has 0 heterocycles. The average Bonchev–Trinajstić information content (AvgIpc) is 2.34. The van der Waals surface area contributed by atoms with Crippen molar-refractivity contribution in [3.05, 3.63) is 29.6 Å². The largest absolute Gasteiger partial charge is 0.494 e. The second-order valence-corrected chi connectivity index (χ2v) is 4.92. The van der Waals surface area contributed by atoms with E-state index in [2.05, 4.69) is 26.1 Å². The first-order valence-electron chi connectivity index (χ1n) is 6.64. The Balaban J connectivity index is 2.59. The van der Waals surface area contributed by atoms with Gasteiger partial charge < -0.3 is 10.1 Å². The fraction of sp³-hybridized carbons (Fsp3) is 0.600. The van der Waals surface area contributed by atoms with Gasteiger partial charge in [-0.15, -0.1) is 0 Å². The molecule has 0 aromatic heterocycles. The number of ether oxygens (including phenoxy) is 1. The lowest BCUT2D eigenvalue weighted by atomic mass is 9.96. The molecule has 1 N–H and O–H groups in total. The van der Waals surface area contributed by atoms with Gasteiger partial charge in [0.25, 0.3) is 0 Å². The lowest BCUT2D eigenvalue weighted by Gasteiger charge is -2.21. The lowest BCUT2D eigenvalue weighted by molar-refractivity contribution is 0.381. The molecule has 1 rings (SSSR count). The van der Waals surface area contributed by atoms with Crippen LogP contribution < -0.4 is 10.1 Å². The van der Waals surface area contributed by atoms with Gasteiger partial charge in [-0.25, -0.2) is 4.39 Å². The van der Waals surface area contributed by atoms with Crippen molar-refractivity contribution < 1.29 is 9.13 Å². The Bertz CT molecular complexity index is 366. The van der Waals surface area contributed by atoms with E-state index in [4.69, 9.17) is 4.74 Å². The summed E-state index contributed by atoms with van der Waals surface area (Å²) in [4.78, 5) is 0. The molecule has 0 spiro atoms. The highest BCUT2D eigenvalue weighted by Crippen LogP contribution is 2.19. The van der Waals surface area contributed by atoms with Crippen LogP contribution in [0.15, 0.2) is 18.2 Å². The second kappa shape index (κ2) is 7.37. The first-order valence-corrected chi connectivity index (χ1v) is 6.64. The van der Waals surface area contributed by atoms with Crippen LogP contribution in [-0.4, -0.2) is 19.7 Å². The van der Waals surface area contributed by atoms with Gasteiger partial charge in [0.2, 0.25) is 0 Å². The molecule has 2 nitrogen and oxygen atoms in total. The summed E-state index contributed by atoms with van der Waals surface area (Å²) in [7, 11) is 1.48. The molecule has 0 bridgehead atoms. The van der Waals surface area contributed by atoms with Crippen LogP contribution in [-0.2, 0) is 6.42 Å². The zero-order valence-electron chi connectivity index (χ0n) is 11.8. The fourth-order valence-electron chi connectivity index (χ4n) is 2.12. The molecule has 0 saturated carbocycles. The van der Waals surface area contributed by atoms with Gasteiger partial charge in [-0.05, 0) is 43.0 Å². The van der Waals surface area contributed by atoms with Crippen LogP contribution in [0.1, 0.15) is 32.8 Å². The van der Waals surface area contributed by atoms with Crippen molar-refractivity contribution in [2.75, 3.05) is 13.7 Å². The summed E-state index contributed by atoms with van der Waals surface area (Å²) >= 11 is 0. The number of benzene rings is 1. The van der Waals surface area contributed by atoms with Gasteiger partial charge in [-0.1, -0.05) is 26.8 Å². The highest BCUT2D eigenvalue weighted by molar-refractivity contribution is 5.29. The molecule has 1 unspecified atom stereocenters. The maximum absolute atomic E-state index is 13.5. The first-order chi connectivity index (χ1) is 8.58. The first kappa shape index (κ1) is 15.0. The van der Waals surface area contributed by atoms with Crippen molar-refractivity contribution >= 4 is 0 Å². The van der Waals surface area contributed by atoms with Crippen LogP contribution in [0.25, 0.3) is 0 Å². The summed E-state index contributed by atoms with van der Waals surface area (Å²) in [5.74, 6) is 0.624. The van der Waals surface area contributed by atoms with E-state index in [9.17, 15) is 4.39 Å². The third kappa shape index (κ3) is 4.30. The summed E-state index contributed by atoms with van der Waals surface area (Å²) in [6.45, 7) is 7.51. The van der Waals surface area contributed by atoms with E-state index in [0.717, 1.165) is 24.9 Å². The van der Waals surface area contributed by atoms with Crippen molar-refractivity contribution in [2.45, 2.75) is 39.7 Å². The minimum absolute atomic E-state index is 0.278. The summed E-state index contributed by atoms with van der Waals surface area (Å²) in [6.07, 6.45) is 1.91. The quantitative estimate of drug-likeness (QED) is 0.804. The number of nitrogens with one attached hydrogen (secondary N) is 1. The van der Waals surface area contributed by atoms with Gasteiger partial charge in [-0.3, -0.25) is 0 Å². The number of halogens is 1. The smallest absolute Gasteiger partial charge is 0.165 e. The Morgan fingerprint density at radius 2 is 2.06 bits per heavy atom. The average molecular weight is 253 g/mol. The van der Waals surface area contributed by atoms with E-state index in [1.807, 2.05) is 6.07 Å². The fourth-order valence-corrected chi connectivity index (χ4v) is 2.12. The molecular formula is C15H24FNO. The standard InChI is InChI=1S/C15H24FNO/c1-5-17-14(11(2)3)8-6-12-7-9-15(18-4)13(16)10-12/h7,9-11,14,17H,5-6,8H2,1-4H3. The molecule has 18 heavy (non-hydrogen) atoms. The van der Waals surface area contributed by atoms with Crippen LogP contribution in [0.2, 0.25) is 0 Å². The van der Waals surface area contributed by atoms with Gasteiger partial charge in [0.15, 0.2) is 11.6 Å². The van der Waals surface area contributed by atoms with Gasteiger partial charge in [0.1, 0.15) is 0 Å². The van der Waals surface area contributed by atoms with E-state index in [-0.39, 0.29) is 5.82 Å². The van der Waals surface area contributed by atoms with Crippen molar-refractivity contribution in [1.82, 2.24) is 5.32 Å². The Morgan fingerprint density at radius 1 is 1.33 bits per heavy atom. The number of hydrogen-bond acceptors (Lipinski definition) is 2. The van der Waals surface area contributed by atoms with Crippen LogP contribution in [0.5, 0.6) is 5.75 Å². The molecule has 0 radical (unpaired) electrons. The molecule has 1 aromatic carbocycles. The topological polar surface area (TPSA) is 21.3 Å². The van der Waals surface area contributed by atoms with Gasteiger partial charge >= 0.3 is 0 Å². The van der Waals surface area contributed by atoms with Crippen molar-refractivity contribution in [3.8, 4) is 5.75 Å². The zero-order chi connectivity index (χ0) is 13.5. The van der Waals surface area contributed by atoms with E-state index < -0.39 is 0 Å². The van der Waals surface area contributed by atoms with Crippen LogP contribution in [0, 0.1) is 11.7 Å². The third-order valence-corrected chi connectivity index (χ3v) is 3.23. The minimum Gasteiger partial charge on any atom is -0.494 e. The normalized spacial score (nSPS) is 12.8. The molecule has 3 heteroatoms. The maximum atomic E-state index is 13.5. The van der Waals surface area contributed by atoms with Crippen molar-refractivity contribution in [3.63, 3.8) is 0 Å². The Morgan fingerprint density at radius 3 is 2.56 bits per heavy atom. The van der Waals surface area contributed by atoms with Crippen molar-refractivity contribution in [1.29, 1.82) is 0 Å². The van der Waals surface area contributed by atoms with E-state index in [1.165, 1.54) is 7.11 Å². The second-order valence-electron chi connectivity index (χ2n) is 4.92. The summed E-state index contributed by atoms with van der Waals surface area (Å²) in [5, 5.41) is 3.47. The number of hydrogen-bond donors (Lipinski definition) is 1. The lowest BCUT2D eigenvalue weighted by Crippen LogP contribution is -2.34. The predicted molar refractivity (Wildman–Crippen MR) is 73.6 cm³/mol. The monoisotopic (exact) mass is 253 g/mol. The third-order valence-electron chi connectivity index (χ3n) is 3.23. The predicted octanol–water partition coefficient (Wildman–Crippen LogP) is 3.40. The van der Waals surface area contributed by atoms with Gasteiger partial charge in [0.05, 0.1) is 7.11 Å². The SMILES string of the molecule is CCNC(CCc1ccc(OC)c(F)c1)C(C)C. The Kier molecular flexibility index (Phi) is 6.13. The molecule has 0 aliphatic rings. The molecule has 0 aliphatic carbocycles. The summed E-state index contributed by atoms with van der Waals surface area (Å²) in [6, 6.07) is 5.69. The van der Waals surface area contributed by atoms with E-state index >= 15 is 0 Å². The van der Waals surface area contributed by atoms with E-state index in [1.54, 1.807) is 12.1 Å². The molecule has 0 saturated heterocycles. The maximum Gasteiger partial charge on any atom is 0.165 e. The van der Waals surface area contributed by atoms with Gasteiger partial charge in [0, 0.05) is 6.04 Å². The highest BCUT2D eigenvalue weighted by atomic mass is 19.1. The molecule has 0 aliphatic heterocycles. The summed E-state index contributed by atoms with van der Waals surface area (Å²) < 4.78 is 18.5. The molecule has 0 fully saturated rings. The van der Waals surface area contributed by atoms with Crippen LogP contribution in [0.3, 0.4) is 0 Å².